The van der Waals surface area contributed by atoms with Crippen molar-refractivity contribution in [2.24, 2.45) is 0 Å². The molecule has 1 aliphatic rings. The van der Waals surface area contributed by atoms with E-state index in [1.54, 1.807) is 12.1 Å². The third-order valence-corrected chi connectivity index (χ3v) is 4.48. The lowest BCUT2D eigenvalue weighted by atomic mass is 10.3. The smallest absolute Gasteiger partial charge is 0.266 e. The number of amides is 1. The maximum Gasteiger partial charge on any atom is 0.266 e. The van der Waals surface area contributed by atoms with E-state index in [1.807, 2.05) is 0 Å². The molecule has 0 aliphatic carbocycles. The lowest BCUT2D eigenvalue weighted by Gasteiger charge is -2.16. The van der Waals surface area contributed by atoms with Crippen LogP contribution in [0.5, 0.6) is 5.75 Å². The molecular weight excluding hydrogens is 242 g/mol. The van der Waals surface area contributed by atoms with E-state index in [2.05, 4.69) is 0 Å². The van der Waals surface area contributed by atoms with Gasteiger partial charge in [-0.25, -0.2) is 12.7 Å². The molecule has 0 spiro atoms. The Labute approximate surface area is 100 Å². The molecule has 0 unspecified atom stereocenters. The van der Waals surface area contributed by atoms with Gasteiger partial charge in [-0.15, -0.1) is 0 Å². The van der Waals surface area contributed by atoms with Crippen LogP contribution in [-0.2, 0) is 14.8 Å². The zero-order chi connectivity index (χ0) is 12.5. The van der Waals surface area contributed by atoms with Crippen LogP contribution in [0.2, 0.25) is 0 Å². The van der Waals surface area contributed by atoms with E-state index in [4.69, 9.17) is 4.74 Å². The summed E-state index contributed by atoms with van der Waals surface area (Å²) >= 11 is 0. The Morgan fingerprint density at radius 1 is 1.35 bits per heavy atom. The van der Waals surface area contributed by atoms with Crippen LogP contribution in [0, 0.1) is 0 Å². The van der Waals surface area contributed by atoms with Crippen LogP contribution in [0.4, 0.5) is 0 Å². The number of carbonyl (C=O) groups is 1. The van der Waals surface area contributed by atoms with E-state index in [0.717, 1.165) is 4.31 Å². The van der Waals surface area contributed by atoms with Crippen LogP contribution in [0.3, 0.4) is 0 Å². The van der Waals surface area contributed by atoms with Gasteiger partial charge in [-0.1, -0.05) is 6.07 Å². The van der Waals surface area contributed by atoms with E-state index in [-0.39, 0.29) is 17.3 Å². The quantitative estimate of drug-likeness (QED) is 0.808. The van der Waals surface area contributed by atoms with Crippen molar-refractivity contribution in [1.29, 1.82) is 0 Å². The van der Waals surface area contributed by atoms with E-state index < -0.39 is 10.0 Å². The van der Waals surface area contributed by atoms with Gasteiger partial charge in [0.1, 0.15) is 5.75 Å². The topological polar surface area (TPSA) is 63.7 Å². The molecule has 0 N–H and O–H groups in total. The molecule has 0 saturated carbocycles. The van der Waals surface area contributed by atoms with Crippen LogP contribution < -0.4 is 4.74 Å². The van der Waals surface area contributed by atoms with Crippen molar-refractivity contribution < 1.29 is 17.9 Å². The summed E-state index contributed by atoms with van der Waals surface area (Å²) in [5, 5.41) is 0. The van der Waals surface area contributed by atoms with Crippen molar-refractivity contribution >= 4 is 15.9 Å². The first-order chi connectivity index (χ1) is 8.05. The van der Waals surface area contributed by atoms with Gasteiger partial charge in [0.15, 0.2) is 0 Å². The Hall–Kier alpha value is -1.56. The first-order valence-electron chi connectivity index (χ1n) is 5.25. The van der Waals surface area contributed by atoms with E-state index >= 15 is 0 Å². The van der Waals surface area contributed by atoms with Crippen LogP contribution in [-0.4, -0.2) is 32.3 Å². The molecule has 1 heterocycles. The third kappa shape index (κ3) is 2.12. The number of methoxy groups -OCH3 is 1. The highest BCUT2D eigenvalue weighted by atomic mass is 32.2. The zero-order valence-electron chi connectivity index (χ0n) is 9.42. The summed E-state index contributed by atoms with van der Waals surface area (Å²) < 4.78 is 30.2. The summed E-state index contributed by atoms with van der Waals surface area (Å²) in [6.45, 7) is 0.262. The van der Waals surface area contributed by atoms with Gasteiger partial charge in [-0.05, 0) is 18.6 Å². The Bertz CT molecular complexity index is 538. The number of carbonyl (C=O) groups excluding carboxylic acids is 1. The maximum atomic E-state index is 12.2. The third-order valence-electron chi connectivity index (χ3n) is 2.66. The SMILES string of the molecule is COc1cccc(S(=O)(=O)N2CCCC2=O)c1. The Kier molecular flexibility index (Phi) is 3.06. The molecule has 0 aromatic heterocycles. The molecular formula is C11H13NO4S. The second-order valence-corrected chi connectivity index (χ2v) is 5.62. The normalized spacial score (nSPS) is 16.3. The lowest BCUT2D eigenvalue weighted by Crippen LogP contribution is -2.31. The number of benzene rings is 1. The average Bonchev–Trinajstić information content (AvgIpc) is 2.76. The van der Waals surface area contributed by atoms with Crippen molar-refractivity contribution in [3.8, 4) is 5.75 Å². The lowest BCUT2D eigenvalue weighted by molar-refractivity contribution is -0.123. The molecule has 1 aromatic rings. The molecule has 1 amide bonds. The Morgan fingerprint density at radius 3 is 2.71 bits per heavy atom. The van der Waals surface area contributed by atoms with Crippen molar-refractivity contribution in [1.82, 2.24) is 4.31 Å². The molecule has 1 aromatic carbocycles. The standard InChI is InChI=1S/C11H13NO4S/c1-16-9-4-2-5-10(8-9)17(14,15)12-7-3-6-11(12)13/h2,4-5,8H,3,6-7H2,1H3. The van der Waals surface area contributed by atoms with Gasteiger partial charge in [0, 0.05) is 19.0 Å². The minimum Gasteiger partial charge on any atom is -0.497 e. The van der Waals surface area contributed by atoms with Crippen LogP contribution in [0.1, 0.15) is 12.8 Å². The largest absolute Gasteiger partial charge is 0.497 e. The van der Waals surface area contributed by atoms with Crippen LogP contribution in [0.25, 0.3) is 0 Å². The minimum absolute atomic E-state index is 0.0899. The highest BCUT2D eigenvalue weighted by Gasteiger charge is 2.32. The van der Waals surface area contributed by atoms with Gasteiger partial charge >= 0.3 is 0 Å². The molecule has 5 nitrogen and oxygen atoms in total. The molecule has 17 heavy (non-hydrogen) atoms. The molecule has 92 valence electrons. The fraction of sp³-hybridized carbons (Fsp3) is 0.364. The molecule has 1 fully saturated rings. The fourth-order valence-corrected chi connectivity index (χ4v) is 3.27. The van der Waals surface area contributed by atoms with Crippen molar-refractivity contribution in [2.75, 3.05) is 13.7 Å². The number of sulfonamides is 1. The fourth-order valence-electron chi connectivity index (χ4n) is 1.77. The van der Waals surface area contributed by atoms with Gasteiger partial charge in [-0.3, -0.25) is 4.79 Å². The highest BCUT2D eigenvalue weighted by molar-refractivity contribution is 7.89. The summed E-state index contributed by atoms with van der Waals surface area (Å²) in [6, 6.07) is 6.13. The molecule has 0 radical (unpaired) electrons. The summed E-state index contributed by atoms with van der Waals surface area (Å²) in [4.78, 5) is 11.6. The minimum atomic E-state index is -3.72. The number of hydrogen-bond acceptors (Lipinski definition) is 4. The molecule has 0 bridgehead atoms. The Morgan fingerprint density at radius 2 is 2.12 bits per heavy atom. The Balaban J connectivity index is 2.40. The second-order valence-electron chi connectivity index (χ2n) is 3.75. The first-order valence-corrected chi connectivity index (χ1v) is 6.69. The average molecular weight is 255 g/mol. The number of nitrogens with zero attached hydrogens (tertiary/aromatic N) is 1. The summed E-state index contributed by atoms with van der Waals surface area (Å²) in [7, 11) is -2.25. The molecule has 0 atom stereocenters. The van der Waals surface area contributed by atoms with Gasteiger partial charge in [0.2, 0.25) is 5.91 Å². The van der Waals surface area contributed by atoms with Gasteiger partial charge in [0.05, 0.1) is 12.0 Å². The van der Waals surface area contributed by atoms with Crippen molar-refractivity contribution in [3.05, 3.63) is 24.3 Å². The maximum absolute atomic E-state index is 12.2. The van der Waals surface area contributed by atoms with Gasteiger partial charge in [-0.2, -0.15) is 0 Å². The van der Waals surface area contributed by atoms with E-state index in [9.17, 15) is 13.2 Å². The molecule has 1 saturated heterocycles. The molecule has 1 aliphatic heterocycles. The van der Waals surface area contributed by atoms with Crippen LogP contribution >= 0.6 is 0 Å². The number of ether oxygens (including phenoxy) is 1. The first kappa shape index (κ1) is 11.9. The monoisotopic (exact) mass is 255 g/mol. The zero-order valence-corrected chi connectivity index (χ0v) is 10.2. The van der Waals surface area contributed by atoms with Gasteiger partial charge < -0.3 is 4.74 Å². The van der Waals surface area contributed by atoms with E-state index in [0.29, 0.717) is 18.6 Å². The van der Waals surface area contributed by atoms with Crippen molar-refractivity contribution in [2.45, 2.75) is 17.7 Å². The predicted octanol–water partition coefficient (Wildman–Crippen LogP) is 1.01. The second kappa shape index (κ2) is 4.37. The summed E-state index contributed by atoms with van der Waals surface area (Å²) in [5.41, 5.74) is 0. The van der Waals surface area contributed by atoms with Crippen LogP contribution in [0.15, 0.2) is 29.2 Å². The predicted molar refractivity (Wildman–Crippen MR) is 61.1 cm³/mol. The van der Waals surface area contributed by atoms with Gasteiger partial charge in [0.25, 0.3) is 10.0 Å². The molecule has 2 rings (SSSR count). The highest BCUT2D eigenvalue weighted by Crippen LogP contribution is 2.24. The number of hydrogen-bond donors (Lipinski definition) is 0. The summed E-state index contributed by atoms with van der Waals surface area (Å²) in [6.07, 6.45) is 0.880. The summed E-state index contributed by atoms with van der Waals surface area (Å²) in [5.74, 6) is 0.116. The van der Waals surface area contributed by atoms with Crippen molar-refractivity contribution in [3.63, 3.8) is 0 Å². The number of rotatable bonds is 3. The van der Waals surface area contributed by atoms with E-state index in [1.165, 1.54) is 19.2 Å². The molecule has 6 heteroatoms.